The summed E-state index contributed by atoms with van der Waals surface area (Å²) in [6.07, 6.45) is 0. The molecule has 0 unspecified atom stereocenters. The van der Waals surface area contributed by atoms with Crippen molar-refractivity contribution in [3.63, 3.8) is 0 Å². The topological polar surface area (TPSA) is 101 Å². The predicted octanol–water partition coefficient (Wildman–Crippen LogP) is 6.44. The highest BCUT2D eigenvalue weighted by molar-refractivity contribution is 9.10. The molecule has 0 spiro atoms. The van der Waals surface area contributed by atoms with Crippen LogP contribution in [-0.4, -0.2) is 0 Å². The van der Waals surface area contributed by atoms with Crippen LogP contribution in [0.2, 0.25) is 0 Å². The molecule has 7 heteroatoms. The number of hydrogen-bond acceptors (Lipinski definition) is 6. The Balaban J connectivity index is 1.90. The molecule has 0 amide bonds. The summed E-state index contributed by atoms with van der Waals surface area (Å²) in [5.74, 6) is 0. The third-order valence-electron chi connectivity index (χ3n) is 3.34. The third-order valence-corrected chi connectivity index (χ3v) is 3.84. The van der Waals surface area contributed by atoms with Gasteiger partial charge in [0.15, 0.2) is 0 Å². The SMILES string of the molecule is Nc1ccccc1N=Nc1ccccc1N=Nc1cc(Br)ccc1N. The number of anilines is 2. The maximum atomic E-state index is 5.91. The number of para-hydroxylation sites is 1. The van der Waals surface area contributed by atoms with Gasteiger partial charge in [-0.1, -0.05) is 40.2 Å². The van der Waals surface area contributed by atoms with E-state index in [9.17, 15) is 0 Å². The summed E-state index contributed by atoms with van der Waals surface area (Å²) in [6, 6.07) is 20.0. The van der Waals surface area contributed by atoms with Crippen molar-refractivity contribution in [1.82, 2.24) is 0 Å². The molecule has 0 aliphatic carbocycles. The minimum absolute atomic E-state index is 0.545. The van der Waals surface area contributed by atoms with Gasteiger partial charge >= 0.3 is 0 Å². The number of nitrogen functional groups attached to an aromatic ring is 2. The van der Waals surface area contributed by atoms with Crippen LogP contribution in [0, 0.1) is 0 Å². The number of rotatable bonds is 4. The Labute approximate surface area is 153 Å². The maximum Gasteiger partial charge on any atom is 0.113 e. The van der Waals surface area contributed by atoms with Gasteiger partial charge in [0.05, 0.1) is 11.4 Å². The van der Waals surface area contributed by atoms with Crippen LogP contribution < -0.4 is 11.5 Å². The molecule has 0 saturated carbocycles. The molecule has 0 saturated heterocycles. The zero-order valence-electron chi connectivity index (χ0n) is 13.2. The van der Waals surface area contributed by atoms with Gasteiger partial charge in [0.2, 0.25) is 0 Å². The highest BCUT2D eigenvalue weighted by Gasteiger charge is 2.02. The van der Waals surface area contributed by atoms with Gasteiger partial charge in [-0.25, -0.2) is 0 Å². The standard InChI is InChI=1S/C18H15BrN6/c19-12-9-10-14(21)18(11-12)25-24-17-8-4-3-7-16(17)23-22-15-6-2-1-5-13(15)20/h1-11H,20-21H2. The van der Waals surface area contributed by atoms with Crippen LogP contribution in [0.25, 0.3) is 0 Å². The Kier molecular flexibility index (Phi) is 5.15. The molecule has 3 aromatic carbocycles. The lowest BCUT2D eigenvalue weighted by Gasteiger charge is -2.01. The van der Waals surface area contributed by atoms with Crippen LogP contribution in [0.3, 0.4) is 0 Å². The lowest BCUT2D eigenvalue weighted by atomic mass is 10.3. The van der Waals surface area contributed by atoms with Gasteiger partial charge in [-0.2, -0.15) is 0 Å². The van der Waals surface area contributed by atoms with Crippen molar-refractivity contribution < 1.29 is 0 Å². The minimum Gasteiger partial charge on any atom is -0.397 e. The van der Waals surface area contributed by atoms with Crippen molar-refractivity contribution in [2.24, 2.45) is 20.5 Å². The van der Waals surface area contributed by atoms with Crippen LogP contribution >= 0.6 is 15.9 Å². The average molecular weight is 395 g/mol. The summed E-state index contributed by atoms with van der Waals surface area (Å²) in [5, 5.41) is 16.9. The van der Waals surface area contributed by atoms with E-state index in [0.717, 1.165) is 4.47 Å². The quantitative estimate of drug-likeness (QED) is 0.392. The molecule has 0 aliphatic rings. The largest absolute Gasteiger partial charge is 0.397 e. The van der Waals surface area contributed by atoms with Crippen LogP contribution in [-0.2, 0) is 0 Å². The zero-order chi connectivity index (χ0) is 17.6. The van der Waals surface area contributed by atoms with Crippen molar-refractivity contribution >= 4 is 50.1 Å². The lowest BCUT2D eigenvalue weighted by molar-refractivity contribution is 1.18. The molecular formula is C18H15BrN6. The van der Waals surface area contributed by atoms with Gasteiger partial charge < -0.3 is 11.5 Å². The van der Waals surface area contributed by atoms with Gasteiger partial charge in [-0.05, 0) is 42.5 Å². The molecule has 0 aliphatic heterocycles. The van der Waals surface area contributed by atoms with Crippen molar-refractivity contribution in [2.75, 3.05) is 11.5 Å². The molecule has 0 atom stereocenters. The second-order valence-electron chi connectivity index (χ2n) is 5.15. The normalized spacial score (nSPS) is 11.4. The molecule has 0 heterocycles. The molecule has 0 radical (unpaired) electrons. The average Bonchev–Trinajstić information content (AvgIpc) is 2.62. The van der Waals surface area contributed by atoms with E-state index in [0.29, 0.717) is 34.1 Å². The Morgan fingerprint density at radius 1 is 0.560 bits per heavy atom. The predicted molar refractivity (Wildman–Crippen MR) is 104 cm³/mol. The van der Waals surface area contributed by atoms with Crippen molar-refractivity contribution in [1.29, 1.82) is 0 Å². The Bertz CT molecular complexity index is 952. The summed E-state index contributed by atoms with van der Waals surface area (Å²) < 4.78 is 0.878. The number of halogens is 1. The summed E-state index contributed by atoms with van der Waals surface area (Å²) in [5.41, 5.74) is 15.2. The fourth-order valence-corrected chi connectivity index (χ4v) is 2.38. The van der Waals surface area contributed by atoms with E-state index >= 15 is 0 Å². The molecule has 0 bridgehead atoms. The summed E-state index contributed by atoms with van der Waals surface area (Å²) in [7, 11) is 0. The second kappa shape index (κ2) is 7.67. The first-order valence-corrected chi connectivity index (χ1v) is 8.25. The first kappa shape index (κ1) is 16.8. The molecule has 0 fully saturated rings. The van der Waals surface area contributed by atoms with Gasteiger partial charge in [0.25, 0.3) is 0 Å². The fourth-order valence-electron chi connectivity index (χ4n) is 2.03. The van der Waals surface area contributed by atoms with Crippen LogP contribution in [0.1, 0.15) is 0 Å². The number of azo groups is 2. The first-order chi connectivity index (χ1) is 12.1. The number of nitrogens with zero attached hydrogens (tertiary/aromatic N) is 4. The molecule has 0 aromatic heterocycles. The van der Waals surface area contributed by atoms with E-state index in [-0.39, 0.29) is 0 Å². The van der Waals surface area contributed by atoms with Crippen molar-refractivity contribution in [2.45, 2.75) is 0 Å². The second-order valence-corrected chi connectivity index (χ2v) is 6.07. The van der Waals surface area contributed by atoms with Crippen LogP contribution in [0.5, 0.6) is 0 Å². The van der Waals surface area contributed by atoms with E-state index in [1.165, 1.54) is 0 Å². The van der Waals surface area contributed by atoms with Crippen LogP contribution in [0.15, 0.2) is 91.7 Å². The Morgan fingerprint density at radius 2 is 1.04 bits per heavy atom. The summed E-state index contributed by atoms with van der Waals surface area (Å²) in [6.45, 7) is 0. The maximum absolute atomic E-state index is 5.91. The minimum atomic E-state index is 0.545. The lowest BCUT2D eigenvalue weighted by Crippen LogP contribution is -1.84. The van der Waals surface area contributed by atoms with Crippen molar-refractivity contribution in [3.05, 3.63) is 71.2 Å². The van der Waals surface area contributed by atoms with Crippen molar-refractivity contribution in [3.8, 4) is 0 Å². The number of nitrogens with two attached hydrogens (primary N) is 2. The first-order valence-electron chi connectivity index (χ1n) is 7.45. The summed E-state index contributed by atoms with van der Waals surface area (Å²) in [4.78, 5) is 0. The molecule has 3 aromatic rings. The Hall–Kier alpha value is -3.06. The molecule has 3 rings (SSSR count). The molecule has 25 heavy (non-hydrogen) atoms. The summed E-state index contributed by atoms with van der Waals surface area (Å²) >= 11 is 3.39. The van der Waals surface area contributed by atoms with E-state index in [2.05, 4.69) is 36.4 Å². The fraction of sp³-hybridized carbons (Fsp3) is 0. The van der Waals surface area contributed by atoms with E-state index in [1.54, 1.807) is 36.4 Å². The highest BCUT2D eigenvalue weighted by atomic mass is 79.9. The third kappa shape index (κ3) is 4.27. The molecule has 6 nitrogen and oxygen atoms in total. The van der Waals surface area contributed by atoms with E-state index in [1.807, 2.05) is 30.3 Å². The smallest absolute Gasteiger partial charge is 0.113 e. The highest BCUT2D eigenvalue weighted by Crippen LogP contribution is 2.33. The van der Waals surface area contributed by atoms with Gasteiger partial charge in [0, 0.05) is 4.47 Å². The van der Waals surface area contributed by atoms with E-state index in [4.69, 9.17) is 11.5 Å². The molecule has 4 N–H and O–H groups in total. The monoisotopic (exact) mass is 394 g/mol. The van der Waals surface area contributed by atoms with Gasteiger partial charge in [-0.3, -0.25) is 0 Å². The molecule has 124 valence electrons. The zero-order valence-corrected chi connectivity index (χ0v) is 14.8. The van der Waals surface area contributed by atoms with Gasteiger partial charge in [0.1, 0.15) is 22.7 Å². The number of benzene rings is 3. The molecular weight excluding hydrogens is 380 g/mol. The van der Waals surface area contributed by atoms with Crippen LogP contribution in [0.4, 0.5) is 34.1 Å². The Morgan fingerprint density at radius 3 is 1.68 bits per heavy atom. The van der Waals surface area contributed by atoms with E-state index < -0.39 is 0 Å². The van der Waals surface area contributed by atoms with Gasteiger partial charge in [-0.15, -0.1) is 20.5 Å². The number of hydrogen-bond donors (Lipinski definition) is 2.